The lowest BCUT2D eigenvalue weighted by molar-refractivity contribution is 0.198. The molecule has 0 saturated carbocycles. The van der Waals surface area contributed by atoms with Gasteiger partial charge in [-0.25, -0.2) is 9.78 Å². The Morgan fingerprint density at radius 3 is 2.83 bits per heavy atom. The van der Waals surface area contributed by atoms with Gasteiger partial charge in [0.15, 0.2) is 0 Å². The number of amides is 1. The van der Waals surface area contributed by atoms with Crippen LogP contribution < -0.4 is 10.1 Å². The number of hydrogen-bond acceptors (Lipinski definition) is 4. The van der Waals surface area contributed by atoms with E-state index in [0.29, 0.717) is 11.6 Å². The highest BCUT2D eigenvalue weighted by Gasteiger charge is 2.06. The Morgan fingerprint density at radius 2 is 2.17 bits per heavy atom. The van der Waals surface area contributed by atoms with Crippen LogP contribution in [0.5, 0.6) is 5.75 Å². The van der Waals surface area contributed by atoms with E-state index in [0.717, 1.165) is 12.2 Å². The minimum Gasteiger partial charge on any atom is -0.444 e. The molecule has 0 spiro atoms. The van der Waals surface area contributed by atoms with E-state index in [-0.39, 0.29) is 6.54 Å². The fourth-order valence-electron chi connectivity index (χ4n) is 1.37. The summed E-state index contributed by atoms with van der Waals surface area (Å²) in [6, 6.07) is 8.86. The van der Waals surface area contributed by atoms with Gasteiger partial charge in [0, 0.05) is 6.42 Å². The zero-order valence-corrected chi connectivity index (χ0v) is 10.1. The molecular formula is C13H14N2O3. The Bertz CT molecular complexity index is 508. The summed E-state index contributed by atoms with van der Waals surface area (Å²) in [6.45, 7) is 2.19. The van der Waals surface area contributed by atoms with Gasteiger partial charge in [0.25, 0.3) is 0 Å². The molecule has 1 aromatic heterocycles. The number of benzene rings is 1. The lowest BCUT2D eigenvalue weighted by Gasteiger charge is -2.04. The van der Waals surface area contributed by atoms with Crippen LogP contribution in [0.25, 0.3) is 0 Å². The zero-order chi connectivity index (χ0) is 12.8. The summed E-state index contributed by atoms with van der Waals surface area (Å²) >= 11 is 0. The van der Waals surface area contributed by atoms with E-state index >= 15 is 0 Å². The summed E-state index contributed by atoms with van der Waals surface area (Å²) in [4.78, 5) is 15.5. The number of ether oxygens (including phenoxy) is 1. The van der Waals surface area contributed by atoms with Gasteiger partial charge in [-0.3, -0.25) is 0 Å². The van der Waals surface area contributed by atoms with Gasteiger partial charge in [-0.2, -0.15) is 0 Å². The number of nitrogens with zero attached hydrogens (tertiary/aromatic N) is 1. The maximum absolute atomic E-state index is 11.5. The van der Waals surface area contributed by atoms with Crippen molar-refractivity contribution in [3.8, 4) is 5.75 Å². The number of hydrogen-bond donors (Lipinski definition) is 1. The maximum Gasteiger partial charge on any atom is 0.413 e. The molecule has 0 radical (unpaired) electrons. The average Bonchev–Trinajstić information content (AvgIpc) is 2.85. The largest absolute Gasteiger partial charge is 0.444 e. The van der Waals surface area contributed by atoms with Gasteiger partial charge in [0.1, 0.15) is 11.5 Å². The van der Waals surface area contributed by atoms with Crippen molar-refractivity contribution in [2.45, 2.75) is 19.9 Å². The molecule has 5 heteroatoms. The van der Waals surface area contributed by atoms with E-state index in [1.807, 2.05) is 13.0 Å². The molecule has 5 nitrogen and oxygen atoms in total. The highest BCUT2D eigenvalue weighted by atomic mass is 16.6. The molecule has 0 aliphatic carbocycles. The summed E-state index contributed by atoms with van der Waals surface area (Å²) in [5, 5.41) is 2.57. The highest BCUT2D eigenvalue weighted by Crippen LogP contribution is 2.08. The van der Waals surface area contributed by atoms with Crippen LogP contribution in [0.2, 0.25) is 0 Å². The third-order valence-corrected chi connectivity index (χ3v) is 2.29. The van der Waals surface area contributed by atoms with E-state index in [1.165, 1.54) is 0 Å². The van der Waals surface area contributed by atoms with Crippen LogP contribution >= 0.6 is 0 Å². The number of rotatable bonds is 4. The second-order valence-corrected chi connectivity index (χ2v) is 3.63. The summed E-state index contributed by atoms with van der Waals surface area (Å²) in [7, 11) is 0. The molecule has 1 amide bonds. The Kier molecular flexibility index (Phi) is 3.96. The number of aromatic nitrogens is 1. The predicted octanol–water partition coefficient (Wildman–Crippen LogP) is 2.53. The minimum absolute atomic E-state index is 0.214. The molecule has 1 aromatic carbocycles. The van der Waals surface area contributed by atoms with Crippen LogP contribution in [-0.4, -0.2) is 11.1 Å². The number of para-hydroxylation sites is 1. The molecule has 0 aliphatic heterocycles. The maximum atomic E-state index is 11.5. The zero-order valence-electron chi connectivity index (χ0n) is 10.1. The Labute approximate surface area is 105 Å². The normalized spacial score (nSPS) is 10.1. The van der Waals surface area contributed by atoms with E-state index in [4.69, 9.17) is 9.15 Å². The first-order chi connectivity index (χ1) is 8.78. The summed E-state index contributed by atoms with van der Waals surface area (Å²) in [5.74, 6) is 1.76. The topological polar surface area (TPSA) is 64.4 Å². The molecule has 94 valence electrons. The first-order valence-corrected chi connectivity index (χ1v) is 5.72. The SMILES string of the molecule is CCc1cnc(CNC(=O)Oc2ccccc2)o1. The second-order valence-electron chi connectivity index (χ2n) is 3.63. The quantitative estimate of drug-likeness (QED) is 0.900. The Morgan fingerprint density at radius 1 is 1.39 bits per heavy atom. The van der Waals surface area contributed by atoms with Crippen molar-refractivity contribution in [3.63, 3.8) is 0 Å². The fourth-order valence-corrected chi connectivity index (χ4v) is 1.37. The molecule has 0 atom stereocenters. The minimum atomic E-state index is -0.530. The number of carbonyl (C=O) groups is 1. The van der Waals surface area contributed by atoms with Gasteiger partial charge in [0.05, 0.1) is 12.7 Å². The van der Waals surface area contributed by atoms with E-state index in [1.54, 1.807) is 30.5 Å². The van der Waals surface area contributed by atoms with Crippen LogP contribution in [0, 0.1) is 0 Å². The summed E-state index contributed by atoms with van der Waals surface area (Å²) in [5.41, 5.74) is 0. The number of oxazole rings is 1. The first kappa shape index (κ1) is 12.2. The Hall–Kier alpha value is -2.30. The molecule has 1 N–H and O–H groups in total. The van der Waals surface area contributed by atoms with Crippen molar-refractivity contribution in [3.05, 3.63) is 48.2 Å². The van der Waals surface area contributed by atoms with Gasteiger partial charge in [0.2, 0.25) is 5.89 Å². The number of nitrogens with one attached hydrogen (secondary N) is 1. The fraction of sp³-hybridized carbons (Fsp3) is 0.231. The molecule has 0 aliphatic rings. The standard InChI is InChI=1S/C13H14N2O3/c1-2-10-8-14-12(17-10)9-15-13(16)18-11-6-4-3-5-7-11/h3-8H,2,9H2,1H3,(H,15,16). The first-order valence-electron chi connectivity index (χ1n) is 5.72. The van der Waals surface area contributed by atoms with Gasteiger partial charge in [-0.15, -0.1) is 0 Å². The van der Waals surface area contributed by atoms with E-state index in [2.05, 4.69) is 10.3 Å². The van der Waals surface area contributed by atoms with Crippen LogP contribution in [0.3, 0.4) is 0 Å². The van der Waals surface area contributed by atoms with Crippen molar-refractivity contribution in [2.24, 2.45) is 0 Å². The van der Waals surface area contributed by atoms with Crippen molar-refractivity contribution in [2.75, 3.05) is 0 Å². The van der Waals surface area contributed by atoms with Crippen molar-refractivity contribution >= 4 is 6.09 Å². The van der Waals surface area contributed by atoms with Crippen LogP contribution in [-0.2, 0) is 13.0 Å². The third-order valence-electron chi connectivity index (χ3n) is 2.29. The van der Waals surface area contributed by atoms with Gasteiger partial charge in [-0.05, 0) is 12.1 Å². The molecular weight excluding hydrogens is 232 g/mol. The van der Waals surface area contributed by atoms with E-state index < -0.39 is 6.09 Å². The van der Waals surface area contributed by atoms with Crippen LogP contribution in [0.15, 0.2) is 40.9 Å². The van der Waals surface area contributed by atoms with Gasteiger partial charge >= 0.3 is 6.09 Å². The van der Waals surface area contributed by atoms with Gasteiger partial charge in [-0.1, -0.05) is 25.1 Å². The summed E-state index contributed by atoms with van der Waals surface area (Å²) in [6.07, 6.45) is 1.90. The smallest absolute Gasteiger partial charge is 0.413 e. The number of aryl methyl sites for hydroxylation is 1. The van der Waals surface area contributed by atoms with Crippen molar-refractivity contribution in [1.29, 1.82) is 0 Å². The molecule has 18 heavy (non-hydrogen) atoms. The van der Waals surface area contributed by atoms with Crippen molar-refractivity contribution < 1.29 is 13.9 Å². The highest BCUT2D eigenvalue weighted by molar-refractivity contribution is 5.70. The van der Waals surface area contributed by atoms with Crippen molar-refractivity contribution in [1.82, 2.24) is 10.3 Å². The molecule has 1 heterocycles. The average molecular weight is 246 g/mol. The monoisotopic (exact) mass is 246 g/mol. The van der Waals surface area contributed by atoms with Gasteiger partial charge < -0.3 is 14.5 Å². The molecule has 0 saturated heterocycles. The second kappa shape index (κ2) is 5.86. The molecule has 0 bridgehead atoms. The van der Waals surface area contributed by atoms with Crippen LogP contribution in [0.4, 0.5) is 4.79 Å². The van der Waals surface area contributed by atoms with E-state index in [9.17, 15) is 4.79 Å². The van der Waals surface area contributed by atoms with Crippen LogP contribution in [0.1, 0.15) is 18.6 Å². The summed E-state index contributed by atoms with van der Waals surface area (Å²) < 4.78 is 10.4. The predicted molar refractivity (Wildman–Crippen MR) is 65.2 cm³/mol. The third kappa shape index (κ3) is 3.35. The Balaban J connectivity index is 1.81. The number of carbonyl (C=O) groups excluding carboxylic acids is 1. The molecule has 2 aromatic rings. The molecule has 2 rings (SSSR count). The molecule has 0 unspecified atom stereocenters. The lowest BCUT2D eigenvalue weighted by atomic mass is 10.3. The molecule has 0 fully saturated rings. The lowest BCUT2D eigenvalue weighted by Crippen LogP contribution is -2.26.